The number of Topliss-reactive ketones (excluding diaryl/α,β-unsaturated/α-hetero) is 1. The minimum atomic E-state index is -0.778. The van der Waals surface area contributed by atoms with Gasteiger partial charge in [0.1, 0.15) is 0 Å². The summed E-state index contributed by atoms with van der Waals surface area (Å²) in [7, 11) is 8.17. The number of imide groups is 2. The summed E-state index contributed by atoms with van der Waals surface area (Å²) in [6.07, 6.45) is 30.6. The largest absolute Gasteiger partial charge is 0.481 e. The van der Waals surface area contributed by atoms with Gasteiger partial charge in [-0.15, -0.1) is 59.9 Å². The van der Waals surface area contributed by atoms with Crippen molar-refractivity contribution in [3.8, 4) is 24.7 Å². The van der Waals surface area contributed by atoms with E-state index in [0.717, 1.165) is 76.2 Å². The van der Waals surface area contributed by atoms with Crippen molar-refractivity contribution in [1.82, 2.24) is 25.2 Å². The number of nitrogens with zero attached hydrogens (tertiary/aromatic N) is 7. The normalized spacial score (nSPS) is 14.6. The number of hydrogen-bond acceptors (Lipinski definition) is 16. The number of ketones is 1. The highest BCUT2D eigenvalue weighted by molar-refractivity contribution is 8.00. The molecule has 2 fully saturated rings. The zero-order chi connectivity index (χ0) is 57.8. The van der Waals surface area contributed by atoms with Crippen molar-refractivity contribution in [1.29, 1.82) is 0 Å². The van der Waals surface area contributed by atoms with Gasteiger partial charge in [0.2, 0.25) is 0 Å². The monoisotopic (exact) mass is 1100 g/mol. The molecular weight excluding hydrogens is 1010 g/mol. The lowest BCUT2D eigenvalue weighted by Crippen LogP contribution is -2.34. The van der Waals surface area contributed by atoms with Crippen molar-refractivity contribution in [2.45, 2.75) is 186 Å². The Morgan fingerprint density at radius 1 is 0.724 bits per heavy atom. The predicted octanol–water partition coefficient (Wildman–Crippen LogP) is 9.16. The molecule has 20 heteroatoms. The number of terminal acetylenes is 2. The number of rotatable bonds is 36. The molecule has 0 aromatic carbocycles. The Morgan fingerprint density at radius 3 is 1.72 bits per heavy atom. The molecule has 0 spiro atoms. The van der Waals surface area contributed by atoms with Crippen LogP contribution in [0.4, 0.5) is 0 Å². The van der Waals surface area contributed by atoms with Gasteiger partial charge in [0.15, 0.2) is 11.6 Å². The van der Waals surface area contributed by atoms with Gasteiger partial charge < -0.3 is 25.1 Å². The standard InChI is InChI=1S/C17H27NO4S.C14H25N3O.C11H19NO3S.C8H17N3.C6H8O2/c1-3-5-7-8-10-12-23-14-13-15(19)18(17(14)21)22-16(20)11-9-6-4-2;1-5-7-8-10-13(18)14(15-6-2)16-11-9-12-17(3)4;1-2-3-4-5-6-7-16-9-8-10(13)12(15)11(9)14;1-4-9-8-10-6-5-7-11(2)3;1-2-3-4-5-6(7)8/h4,14H,2-3,5-13H2,1H3;1H,6-12H2,2-4H3,(H,15,16);9,15H,2-8H2,1H3;4-7H2,1-3H3;1H,3-5H2,(H,7,8). The molecule has 0 aromatic heterocycles. The van der Waals surface area contributed by atoms with E-state index in [9.17, 15) is 33.6 Å². The van der Waals surface area contributed by atoms with Gasteiger partial charge in [-0.05, 0) is 118 Å². The van der Waals surface area contributed by atoms with E-state index in [1.54, 1.807) is 6.08 Å². The Balaban J connectivity index is -0.000000913. The maximum absolute atomic E-state index is 12.1. The number of amides is 4. The molecule has 3 N–H and O–H groups in total. The average molecular weight is 1110 g/mol. The fraction of sp³-hybridized carbons (Fsp3) is 0.732. The first-order chi connectivity index (χ1) is 36.4. The third-order valence-corrected chi connectivity index (χ3v) is 13.1. The number of allylic oxidation sites excluding steroid dienone is 1. The van der Waals surface area contributed by atoms with Crippen LogP contribution in [0.3, 0.4) is 0 Å². The average Bonchev–Trinajstić information content (AvgIpc) is 3.79. The second-order valence-electron chi connectivity index (χ2n) is 18.1. The summed E-state index contributed by atoms with van der Waals surface area (Å²) in [5.41, 5.74) is 0. The minimum Gasteiger partial charge on any atom is -0.481 e. The van der Waals surface area contributed by atoms with Crippen LogP contribution < -0.4 is 5.32 Å². The summed E-state index contributed by atoms with van der Waals surface area (Å²) in [6.45, 7) is 16.9. The molecule has 0 bridgehead atoms. The van der Waals surface area contributed by atoms with Crippen molar-refractivity contribution < 1.29 is 48.7 Å². The molecule has 2 unspecified atom stereocenters. The van der Waals surface area contributed by atoms with Crippen molar-refractivity contribution in [2.75, 3.05) is 79.0 Å². The molecule has 2 saturated heterocycles. The molecular formula is C56H96N8O10S2. The van der Waals surface area contributed by atoms with Crippen LogP contribution in [0.2, 0.25) is 0 Å². The summed E-state index contributed by atoms with van der Waals surface area (Å²) in [5.74, 6) is 4.15. The van der Waals surface area contributed by atoms with E-state index >= 15 is 0 Å². The molecule has 2 heterocycles. The number of unbranched alkanes of at least 4 members (excludes halogenated alkanes) is 11. The number of hydrogen-bond donors (Lipinski definition) is 3. The van der Waals surface area contributed by atoms with Crippen LogP contribution in [-0.4, -0.2) is 173 Å². The lowest BCUT2D eigenvalue weighted by Gasteiger charge is -2.13. The number of carbonyl (C=O) groups excluding carboxylic acids is 6. The van der Waals surface area contributed by atoms with Crippen molar-refractivity contribution in [3.05, 3.63) is 12.7 Å². The van der Waals surface area contributed by atoms with E-state index < -0.39 is 40.8 Å². The second-order valence-corrected chi connectivity index (χ2v) is 20.8. The van der Waals surface area contributed by atoms with Gasteiger partial charge in [0, 0.05) is 51.7 Å². The van der Waals surface area contributed by atoms with Crippen LogP contribution >= 0.6 is 23.5 Å². The van der Waals surface area contributed by atoms with Gasteiger partial charge in [0.05, 0.1) is 35.9 Å². The second kappa shape index (κ2) is 53.6. The maximum atomic E-state index is 12.1. The quantitative estimate of drug-likeness (QED) is 0.0101. The molecule has 432 valence electrons. The Labute approximate surface area is 465 Å². The first kappa shape index (κ1) is 75.4. The van der Waals surface area contributed by atoms with Gasteiger partial charge in [0.25, 0.3) is 23.6 Å². The number of likely N-dealkylation sites (N-methyl/N-ethyl adjacent to an activating group) is 1. The molecule has 4 amide bonds. The molecule has 0 radical (unpaired) electrons. The van der Waals surface area contributed by atoms with E-state index in [1.807, 2.05) is 27.9 Å². The molecule has 2 rings (SSSR count). The topological polar surface area (TPSA) is 231 Å². The van der Waals surface area contributed by atoms with Crippen molar-refractivity contribution >= 4 is 76.7 Å². The van der Waals surface area contributed by atoms with Crippen LogP contribution in [0.15, 0.2) is 27.6 Å². The fourth-order valence-corrected chi connectivity index (χ4v) is 8.68. The highest BCUT2D eigenvalue weighted by atomic mass is 32.2. The van der Waals surface area contributed by atoms with Crippen LogP contribution in [0.25, 0.3) is 0 Å². The third-order valence-electron chi connectivity index (χ3n) is 10.5. The van der Waals surface area contributed by atoms with Crippen LogP contribution in [0.1, 0.15) is 175 Å². The molecule has 18 nitrogen and oxygen atoms in total. The number of thioether (sulfide) groups is 2. The summed E-state index contributed by atoms with van der Waals surface area (Å²) in [5, 5.41) is 20.3. The first-order valence-corrected chi connectivity index (χ1v) is 29.3. The number of aliphatic imine (C=N–C) groups is 3. The van der Waals surface area contributed by atoms with E-state index in [4.69, 9.17) is 28.0 Å². The number of nitrogens with one attached hydrogen (secondary N) is 1. The Hall–Kier alpha value is -4.82. The highest BCUT2D eigenvalue weighted by Crippen LogP contribution is 2.27. The van der Waals surface area contributed by atoms with E-state index in [0.29, 0.717) is 62.5 Å². The lowest BCUT2D eigenvalue weighted by atomic mass is 10.1. The maximum Gasteiger partial charge on any atom is 0.333 e. The van der Waals surface area contributed by atoms with Gasteiger partial charge in [-0.2, -0.15) is 5.06 Å². The molecule has 0 aliphatic carbocycles. The fourth-order valence-electron chi connectivity index (χ4n) is 6.37. The lowest BCUT2D eigenvalue weighted by molar-refractivity contribution is -0.197. The third kappa shape index (κ3) is 45.4. The van der Waals surface area contributed by atoms with E-state index in [2.05, 4.69) is 82.5 Å². The van der Waals surface area contributed by atoms with E-state index in [1.165, 1.54) is 68.5 Å². The van der Waals surface area contributed by atoms with Crippen molar-refractivity contribution in [3.63, 3.8) is 0 Å². The van der Waals surface area contributed by atoms with E-state index in [-0.39, 0.29) is 41.8 Å². The number of carboxylic acids is 1. The molecule has 76 heavy (non-hydrogen) atoms. The van der Waals surface area contributed by atoms with Gasteiger partial charge in [-0.3, -0.25) is 39.0 Å². The number of carbonyl (C=O) groups is 7. The summed E-state index contributed by atoms with van der Waals surface area (Å²) >= 11 is 2.98. The molecule has 2 aliphatic heterocycles. The Morgan fingerprint density at radius 2 is 1.25 bits per heavy atom. The Bertz CT molecular complexity index is 1810. The summed E-state index contributed by atoms with van der Waals surface area (Å²) < 4.78 is 0. The minimum absolute atomic E-state index is 0.0666. The zero-order valence-electron chi connectivity index (χ0n) is 47.6. The number of aliphatic carboxylic acids is 1. The number of carboxylic acid groups (broad SMARTS) is 1. The van der Waals surface area contributed by atoms with Crippen LogP contribution in [0.5, 0.6) is 0 Å². The van der Waals surface area contributed by atoms with Gasteiger partial charge in [-0.25, -0.2) is 14.8 Å². The Kier molecular flexibility index (Phi) is 53.2. The highest BCUT2D eigenvalue weighted by Gasteiger charge is 2.42. The smallest absolute Gasteiger partial charge is 0.333 e. The molecule has 2 aliphatic rings. The number of hydroxylamine groups is 4. The van der Waals surface area contributed by atoms with Gasteiger partial charge >= 0.3 is 11.9 Å². The zero-order valence-corrected chi connectivity index (χ0v) is 49.3. The first-order valence-electron chi connectivity index (χ1n) is 27.2. The molecule has 2 atom stereocenters. The SMILES string of the molecule is C#CCCCC(=O)C(=NCCCN(C)C)NCC.C#CCCCC(=O)O.C=CCCCC(=O)ON1C(=O)CC(SCCCCCCC)C1=O.CCCCCCCSC1CC(=O)N(O)C1=O.CCN=C=NCCCN(C)C. The van der Waals surface area contributed by atoms with Crippen molar-refractivity contribution in [2.24, 2.45) is 15.0 Å². The summed E-state index contributed by atoms with van der Waals surface area (Å²) in [4.78, 5) is 101. The predicted molar refractivity (Wildman–Crippen MR) is 310 cm³/mol. The van der Waals surface area contributed by atoms with Crippen LogP contribution in [-0.2, 0) is 38.4 Å². The molecule has 0 aromatic rings. The van der Waals surface area contributed by atoms with Crippen LogP contribution in [0, 0.1) is 24.7 Å². The number of amidine groups is 1. The summed E-state index contributed by atoms with van der Waals surface area (Å²) in [6, 6.07) is 2.64. The molecule has 0 saturated carbocycles. The van der Waals surface area contributed by atoms with Gasteiger partial charge in [-0.1, -0.05) is 71.3 Å².